The van der Waals surface area contributed by atoms with E-state index in [1.54, 1.807) is 0 Å². The van der Waals surface area contributed by atoms with E-state index in [9.17, 15) is 0 Å². The molecule has 48 heavy (non-hydrogen) atoms. The lowest BCUT2D eigenvalue weighted by Gasteiger charge is -2.33. The highest BCUT2D eigenvalue weighted by Gasteiger charge is 2.27. The third-order valence-electron chi connectivity index (χ3n) is 9.96. The van der Waals surface area contributed by atoms with E-state index in [-0.39, 0.29) is 12.2 Å². The summed E-state index contributed by atoms with van der Waals surface area (Å²) in [4.78, 5) is 0. The highest BCUT2D eigenvalue weighted by molar-refractivity contribution is 6.23. The van der Waals surface area contributed by atoms with Crippen molar-refractivity contribution in [1.29, 1.82) is 0 Å². The van der Waals surface area contributed by atoms with Crippen LogP contribution in [-0.2, 0) is 0 Å². The van der Waals surface area contributed by atoms with Crippen LogP contribution in [0.5, 0.6) is 0 Å². The molecule has 4 nitrogen and oxygen atoms in total. The van der Waals surface area contributed by atoms with Crippen molar-refractivity contribution >= 4 is 60.2 Å². The van der Waals surface area contributed by atoms with E-state index >= 15 is 0 Å². The summed E-state index contributed by atoms with van der Waals surface area (Å²) in [5, 5.41) is 15.2. The number of rotatable bonds is 4. The van der Waals surface area contributed by atoms with Crippen LogP contribution in [0.25, 0.3) is 65.9 Å². The van der Waals surface area contributed by atoms with Gasteiger partial charge in [0.05, 0.1) is 28.1 Å². The van der Waals surface area contributed by atoms with Crippen LogP contribution >= 0.6 is 0 Å². The second-order valence-electron chi connectivity index (χ2n) is 12.7. The Hall–Kier alpha value is -6.10. The summed E-state index contributed by atoms with van der Waals surface area (Å²) in [6.07, 6.45) is 2.27. The minimum absolute atomic E-state index is 0.0268. The van der Waals surface area contributed by atoms with Gasteiger partial charge in [-0.05, 0) is 52.9 Å². The molecule has 3 heterocycles. The standard InChI is InChI=1S/C44H32N4/c1-4-15-30(16-5-1)38-28-42(46-44(45-38)31-17-6-2-7-18-31)48-39-23-13-12-22-34(39)36-26-40-37(27-41(36)48)35-25-24-29-14-10-11-21-33(29)43(35)47(40)32-19-8-3-9-20-32/h1-28,38,44-46H. The molecule has 0 radical (unpaired) electrons. The van der Waals surface area contributed by atoms with E-state index in [2.05, 4.69) is 190 Å². The first-order valence-corrected chi connectivity index (χ1v) is 16.6. The van der Waals surface area contributed by atoms with Gasteiger partial charge in [0.15, 0.2) is 0 Å². The smallest absolute Gasteiger partial charge is 0.110 e. The molecular formula is C44H32N4. The van der Waals surface area contributed by atoms with E-state index in [1.165, 1.54) is 65.5 Å². The summed E-state index contributed by atoms with van der Waals surface area (Å²) in [7, 11) is 0. The lowest BCUT2D eigenvalue weighted by molar-refractivity contribution is 0.435. The molecule has 2 N–H and O–H groups in total. The predicted molar refractivity (Wildman–Crippen MR) is 200 cm³/mol. The van der Waals surface area contributed by atoms with Crippen LogP contribution in [-0.4, -0.2) is 9.13 Å². The lowest BCUT2D eigenvalue weighted by Crippen LogP contribution is -2.40. The maximum Gasteiger partial charge on any atom is 0.110 e. The van der Waals surface area contributed by atoms with Crippen LogP contribution in [0.1, 0.15) is 23.3 Å². The van der Waals surface area contributed by atoms with Crippen molar-refractivity contribution in [3.8, 4) is 5.69 Å². The Kier molecular flexibility index (Phi) is 6.05. The summed E-state index contributed by atoms with van der Waals surface area (Å²) < 4.78 is 4.89. The number of hydrogen-bond acceptors (Lipinski definition) is 2. The van der Waals surface area contributed by atoms with Crippen molar-refractivity contribution in [1.82, 2.24) is 19.8 Å². The summed E-state index contributed by atoms with van der Waals surface area (Å²) in [6.45, 7) is 0. The summed E-state index contributed by atoms with van der Waals surface area (Å²) in [5.41, 5.74) is 8.41. The van der Waals surface area contributed by atoms with E-state index < -0.39 is 0 Å². The van der Waals surface area contributed by atoms with Gasteiger partial charge in [-0.25, -0.2) is 0 Å². The Bertz CT molecular complexity index is 2670. The first-order chi connectivity index (χ1) is 23.8. The van der Waals surface area contributed by atoms with E-state index in [1.807, 2.05) is 0 Å². The maximum atomic E-state index is 3.90. The second-order valence-corrected chi connectivity index (χ2v) is 12.7. The van der Waals surface area contributed by atoms with Gasteiger partial charge in [-0.2, -0.15) is 0 Å². The van der Waals surface area contributed by atoms with Crippen LogP contribution in [0, 0.1) is 0 Å². The molecule has 0 fully saturated rings. The van der Waals surface area contributed by atoms with Gasteiger partial charge in [0, 0.05) is 32.6 Å². The number of hydrogen-bond donors (Lipinski definition) is 2. The molecule has 4 heteroatoms. The van der Waals surface area contributed by atoms with Crippen molar-refractivity contribution in [3.63, 3.8) is 0 Å². The third kappa shape index (κ3) is 4.13. The molecule has 1 aliphatic rings. The molecular weight excluding hydrogens is 585 g/mol. The summed E-state index contributed by atoms with van der Waals surface area (Å²) in [5.74, 6) is 1.07. The van der Waals surface area contributed by atoms with Crippen LogP contribution in [0.4, 0.5) is 0 Å². The van der Waals surface area contributed by atoms with E-state index in [0.29, 0.717) is 0 Å². The van der Waals surface area contributed by atoms with Gasteiger partial charge in [-0.15, -0.1) is 0 Å². The zero-order valence-corrected chi connectivity index (χ0v) is 26.2. The topological polar surface area (TPSA) is 33.9 Å². The second kappa shape index (κ2) is 10.7. The molecule has 2 aromatic heterocycles. The number of para-hydroxylation sites is 2. The zero-order valence-electron chi connectivity index (χ0n) is 26.2. The molecule has 2 atom stereocenters. The van der Waals surface area contributed by atoms with Crippen LogP contribution < -0.4 is 10.6 Å². The third-order valence-corrected chi connectivity index (χ3v) is 9.96. The molecule has 0 aliphatic carbocycles. The first kappa shape index (κ1) is 27.1. The van der Waals surface area contributed by atoms with Crippen molar-refractivity contribution in [3.05, 3.63) is 181 Å². The fraction of sp³-hybridized carbons (Fsp3) is 0.0455. The van der Waals surface area contributed by atoms with Gasteiger partial charge in [-0.3, -0.25) is 9.88 Å². The number of benzene rings is 7. The molecule has 1 aliphatic heterocycles. The molecule has 0 amide bonds. The number of nitrogens with zero attached hydrogens (tertiary/aromatic N) is 2. The molecule has 0 spiro atoms. The van der Waals surface area contributed by atoms with Gasteiger partial charge in [0.2, 0.25) is 0 Å². The average molecular weight is 617 g/mol. The fourth-order valence-corrected chi connectivity index (χ4v) is 7.78. The molecule has 0 bridgehead atoms. The molecule has 9 aromatic rings. The Balaban J connectivity index is 1.29. The van der Waals surface area contributed by atoms with Crippen molar-refractivity contribution < 1.29 is 0 Å². The molecule has 7 aromatic carbocycles. The summed E-state index contributed by atoms with van der Waals surface area (Å²) >= 11 is 0. The SMILES string of the molecule is C1=C(n2c3ccccc3c3cc4c(cc32)c2ccc3ccccc3c2n4-c2ccccc2)NC(c2ccccc2)NC1c1ccccc1. The fourth-order valence-electron chi connectivity index (χ4n) is 7.78. The van der Waals surface area contributed by atoms with Crippen LogP contribution in [0.15, 0.2) is 170 Å². The Labute approximate surface area is 278 Å². The maximum absolute atomic E-state index is 3.90. The minimum atomic E-state index is -0.0669. The molecule has 10 rings (SSSR count). The normalized spacial score (nSPS) is 16.5. The number of aromatic nitrogens is 2. The quantitative estimate of drug-likeness (QED) is 0.206. The highest BCUT2D eigenvalue weighted by Crippen LogP contribution is 2.42. The molecule has 228 valence electrons. The van der Waals surface area contributed by atoms with Gasteiger partial charge in [0.1, 0.15) is 12.0 Å². The lowest BCUT2D eigenvalue weighted by atomic mass is 10.0. The van der Waals surface area contributed by atoms with Gasteiger partial charge < -0.3 is 9.88 Å². The molecule has 0 saturated carbocycles. The molecule has 2 unspecified atom stereocenters. The van der Waals surface area contributed by atoms with Crippen LogP contribution in [0.2, 0.25) is 0 Å². The monoisotopic (exact) mass is 616 g/mol. The highest BCUT2D eigenvalue weighted by atomic mass is 15.3. The predicted octanol–water partition coefficient (Wildman–Crippen LogP) is 10.5. The first-order valence-electron chi connectivity index (χ1n) is 16.6. The Morgan fingerprint density at radius 1 is 0.438 bits per heavy atom. The Morgan fingerprint density at radius 3 is 1.81 bits per heavy atom. The number of fused-ring (bicyclic) bond motifs is 8. The Morgan fingerprint density at radius 2 is 1.04 bits per heavy atom. The average Bonchev–Trinajstić information content (AvgIpc) is 3.67. The van der Waals surface area contributed by atoms with Crippen molar-refractivity contribution in [2.24, 2.45) is 0 Å². The summed E-state index contributed by atoms with van der Waals surface area (Å²) in [6, 6.07) is 59.1. The number of nitrogens with one attached hydrogen (secondary N) is 2. The van der Waals surface area contributed by atoms with E-state index in [4.69, 9.17) is 0 Å². The van der Waals surface area contributed by atoms with E-state index in [0.717, 1.165) is 11.5 Å². The minimum Gasteiger partial charge on any atom is -0.352 e. The van der Waals surface area contributed by atoms with Gasteiger partial charge in [-0.1, -0.05) is 133 Å². The van der Waals surface area contributed by atoms with Crippen LogP contribution in [0.3, 0.4) is 0 Å². The zero-order chi connectivity index (χ0) is 31.6. The molecule has 0 saturated heterocycles. The van der Waals surface area contributed by atoms with Gasteiger partial charge >= 0.3 is 0 Å². The van der Waals surface area contributed by atoms with Gasteiger partial charge in [0.25, 0.3) is 0 Å². The van der Waals surface area contributed by atoms with Crippen molar-refractivity contribution in [2.75, 3.05) is 0 Å². The van der Waals surface area contributed by atoms with Crippen molar-refractivity contribution in [2.45, 2.75) is 12.2 Å². The largest absolute Gasteiger partial charge is 0.352 e.